The largest absolute Gasteiger partial charge is 0.362 e. The number of epoxide rings is 2. The maximum absolute atomic E-state index is 5.33. The first-order valence-corrected chi connectivity index (χ1v) is 4.72. The molecule has 15 heavy (non-hydrogen) atoms. The Morgan fingerprint density at radius 2 is 1.87 bits per heavy atom. The van der Waals surface area contributed by atoms with Crippen molar-refractivity contribution < 1.29 is 9.47 Å². The molecule has 2 fully saturated rings. The van der Waals surface area contributed by atoms with Crippen LogP contribution in [0, 0.1) is 35.5 Å². The summed E-state index contributed by atoms with van der Waals surface area (Å²) in [5, 5.41) is 0. The Labute approximate surface area is 89.6 Å². The molecule has 2 rings (SSSR count). The third-order valence-electron chi connectivity index (χ3n) is 2.17. The molecule has 0 bridgehead atoms. The lowest BCUT2D eigenvalue weighted by Crippen LogP contribution is -2.02. The van der Waals surface area contributed by atoms with E-state index >= 15 is 0 Å². The zero-order chi connectivity index (χ0) is 10.7. The van der Waals surface area contributed by atoms with Gasteiger partial charge in [0.15, 0.2) is 0 Å². The zero-order valence-corrected chi connectivity index (χ0v) is 8.41. The van der Waals surface area contributed by atoms with Crippen molar-refractivity contribution in [1.82, 2.24) is 0 Å². The van der Waals surface area contributed by atoms with Crippen LogP contribution >= 0.6 is 0 Å². The van der Waals surface area contributed by atoms with Crippen LogP contribution in [0.3, 0.4) is 0 Å². The summed E-state index contributed by atoms with van der Waals surface area (Å²) in [6.07, 6.45) is 2.18. The Balaban J connectivity index is 1.77. The average Bonchev–Trinajstić information content (AvgIpc) is 3.11. The van der Waals surface area contributed by atoms with Gasteiger partial charge in [-0.25, -0.2) is 0 Å². The lowest BCUT2D eigenvalue weighted by atomic mass is 10.2. The minimum atomic E-state index is -0.0242. The van der Waals surface area contributed by atoms with Crippen LogP contribution in [-0.4, -0.2) is 24.4 Å². The quantitative estimate of drug-likeness (QED) is 0.371. The first kappa shape index (κ1) is 9.88. The Hall–Kier alpha value is -1.66. The molecule has 0 aromatic carbocycles. The van der Waals surface area contributed by atoms with E-state index in [0.29, 0.717) is 0 Å². The summed E-state index contributed by atoms with van der Waals surface area (Å²) >= 11 is 0. The maximum Gasteiger partial charge on any atom is 0.148 e. The van der Waals surface area contributed by atoms with Gasteiger partial charge in [0, 0.05) is 0 Å². The van der Waals surface area contributed by atoms with Gasteiger partial charge in [-0.15, -0.1) is 6.58 Å². The molecule has 0 radical (unpaired) electrons. The van der Waals surface area contributed by atoms with Crippen LogP contribution in [0.1, 0.15) is 6.92 Å². The van der Waals surface area contributed by atoms with Crippen LogP contribution in [0.25, 0.3) is 0 Å². The van der Waals surface area contributed by atoms with Gasteiger partial charge in [0.1, 0.15) is 24.4 Å². The molecule has 2 aliphatic heterocycles. The number of hydrogen-bond acceptors (Lipinski definition) is 2. The third kappa shape index (κ3) is 2.42. The van der Waals surface area contributed by atoms with E-state index < -0.39 is 0 Å². The normalized spacial score (nSPS) is 34.5. The van der Waals surface area contributed by atoms with Crippen molar-refractivity contribution in [3.8, 4) is 35.5 Å². The lowest BCUT2D eigenvalue weighted by Gasteiger charge is -1.77. The van der Waals surface area contributed by atoms with Gasteiger partial charge >= 0.3 is 0 Å². The minimum Gasteiger partial charge on any atom is -0.362 e. The van der Waals surface area contributed by atoms with Gasteiger partial charge in [-0.3, -0.25) is 0 Å². The SMILES string of the molecule is C=C[C@@H]1O[C@H]1[C@H]1O[C@@H]1C#CC#CC#CC. The van der Waals surface area contributed by atoms with Crippen LogP contribution in [0.15, 0.2) is 12.7 Å². The summed E-state index contributed by atoms with van der Waals surface area (Å²) in [4.78, 5) is 0. The predicted octanol–water partition coefficient (Wildman–Crippen LogP) is 0.737. The molecule has 2 nitrogen and oxygen atoms in total. The molecule has 0 saturated carbocycles. The Bertz CT molecular complexity index is 444. The van der Waals surface area contributed by atoms with Crippen LogP contribution in [0.5, 0.6) is 0 Å². The Morgan fingerprint density at radius 1 is 1.07 bits per heavy atom. The number of ether oxygens (including phenoxy) is 2. The van der Waals surface area contributed by atoms with Crippen molar-refractivity contribution in [2.45, 2.75) is 31.3 Å². The molecule has 2 heteroatoms. The van der Waals surface area contributed by atoms with E-state index in [1.807, 2.05) is 0 Å². The molecule has 0 aliphatic carbocycles. The van der Waals surface area contributed by atoms with Crippen molar-refractivity contribution in [2.24, 2.45) is 0 Å². The predicted molar refractivity (Wildman–Crippen MR) is 56.5 cm³/mol. The maximum atomic E-state index is 5.33. The summed E-state index contributed by atoms with van der Waals surface area (Å²) in [6.45, 7) is 5.39. The fraction of sp³-hybridized carbons (Fsp3) is 0.385. The van der Waals surface area contributed by atoms with Gasteiger partial charge in [-0.2, -0.15) is 0 Å². The summed E-state index contributed by atoms with van der Waals surface area (Å²) < 4.78 is 10.6. The van der Waals surface area contributed by atoms with E-state index in [2.05, 4.69) is 42.1 Å². The minimum absolute atomic E-state index is 0.0242. The molecule has 2 aliphatic rings. The molecular formula is C13H10O2. The van der Waals surface area contributed by atoms with Crippen LogP contribution < -0.4 is 0 Å². The first-order chi connectivity index (χ1) is 7.36. The molecule has 0 N–H and O–H groups in total. The molecule has 4 atom stereocenters. The van der Waals surface area contributed by atoms with Crippen molar-refractivity contribution in [3.63, 3.8) is 0 Å². The smallest absolute Gasteiger partial charge is 0.148 e. The second kappa shape index (κ2) is 4.24. The summed E-state index contributed by atoms with van der Waals surface area (Å²) in [5.74, 6) is 16.1. The van der Waals surface area contributed by atoms with Crippen molar-refractivity contribution in [2.75, 3.05) is 0 Å². The van der Waals surface area contributed by atoms with Gasteiger partial charge in [-0.1, -0.05) is 17.9 Å². The Kier molecular flexibility index (Phi) is 2.79. The highest BCUT2D eigenvalue weighted by molar-refractivity contribution is 5.37. The second-order valence-electron chi connectivity index (χ2n) is 3.22. The molecule has 0 amide bonds. The molecule has 2 saturated heterocycles. The average molecular weight is 198 g/mol. The van der Waals surface area contributed by atoms with Crippen LogP contribution in [0.2, 0.25) is 0 Å². The first-order valence-electron chi connectivity index (χ1n) is 4.72. The van der Waals surface area contributed by atoms with Crippen LogP contribution in [-0.2, 0) is 9.47 Å². The molecule has 74 valence electrons. The highest BCUT2D eigenvalue weighted by Crippen LogP contribution is 2.38. The fourth-order valence-corrected chi connectivity index (χ4v) is 1.31. The van der Waals surface area contributed by atoms with Crippen molar-refractivity contribution in [1.29, 1.82) is 0 Å². The van der Waals surface area contributed by atoms with Crippen molar-refractivity contribution >= 4 is 0 Å². The monoisotopic (exact) mass is 198 g/mol. The molecule has 0 aromatic heterocycles. The highest BCUT2D eigenvalue weighted by atomic mass is 16.7. The topological polar surface area (TPSA) is 25.1 Å². The fourth-order valence-electron chi connectivity index (χ4n) is 1.31. The second-order valence-corrected chi connectivity index (χ2v) is 3.22. The highest BCUT2D eigenvalue weighted by Gasteiger charge is 2.55. The molecule has 0 unspecified atom stereocenters. The zero-order valence-electron chi connectivity index (χ0n) is 8.41. The van der Waals surface area contributed by atoms with E-state index in [0.717, 1.165) is 0 Å². The van der Waals surface area contributed by atoms with Crippen LogP contribution in [0.4, 0.5) is 0 Å². The van der Waals surface area contributed by atoms with Crippen molar-refractivity contribution in [3.05, 3.63) is 12.7 Å². The summed E-state index contributed by atoms with van der Waals surface area (Å²) in [5.41, 5.74) is 0. The Morgan fingerprint density at radius 3 is 2.53 bits per heavy atom. The number of hydrogen-bond donors (Lipinski definition) is 0. The van der Waals surface area contributed by atoms with Gasteiger partial charge < -0.3 is 9.47 Å². The van der Waals surface area contributed by atoms with Gasteiger partial charge in [0.2, 0.25) is 0 Å². The standard InChI is InChI=1S/C13H10O2/c1-3-5-6-7-8-9-11-13(15-11)12-10(4-2)14-12/h4,10-13H,2H2,1H3/t10-,11+,12+,13-/m0/s1. The van der Waals surface area contributed by atoms with E-state index in [4.69, 9.17) is 9.47 Å². The summed E-state index contributed by atoms with van der Waals surface area (Å²) in [7, 11) is 0. The molecule has 2 heterocycles. The van der Waals surface area contributed by atoms with Gasteiger partial charge in [-0.05, 0) is 30.6 Å². The lowest BCUT2D eigenvalue weighted by molar-refractivity contribution is 0.317. The van der Waals surface area contributed by atoms with Gasteiger partial charge in [0.05, 0.1) is 0 Å². The van der Waals surface area contributed by atoms with E-state index in [1.54, 1.807) is 13.0 Å². The molecule has 0 aromatic rings. The molecular weight excluding hydrogens is 188 g/mol. The summed E-state index contributed by atoms with van der Waals surface area (Å²) in [6, 6.07) is 0. The van der Waals surface area contributed by atoms with E-state index in [1.165, 1.54) is 0 Å². The van der Waals surface area contributed by atoms with E-state index in [9.17, 15) is 0 Å². The third-order valence-corrected chi connectivity index (χ3v) is 2.17. The number of rotatable bonds is 2. The van der Waals surface area contributed by atoms with E-state index in [-0.39, 0.29) is 24.4 Å². The molecule has 0 spiro atoms. The van der Waals surface area contributed by atoms with Gasteiger partial charge in [0.25, 0.3) is 0 Å².